The molecule has 5 rings (SSSR count). The molecule has 1 aliphatic heterocycles. The van der Waals surface area contributed by atoms with Gasteiger partial charge in [0.15, 0.2) is 0 Å². The van der Waals surface area contributed by atoms with Crippen LogP contribution < -0.4 is 0 Å². The number of aromatic nitrogens is 3. The minimum Gasteiger partial charge on any atom is -0.394 e. The van der Waals surface area contributed by atoms with Gasteiger partial charge in [-0.25, -0.2) is 4.98 Å². The van der Waals surface area contributed by atoms with Gasteiger partial charge in [0.05, 0.1) is 46.5 Å². The lowest BCUT2D eigenvalue weighted by atomic mass is 9.79. The van der Waals surface area contributed by atoms with Crippen molar-refractivity contribution in [2.45, 2.75) is 44.1 Å². The summed E-state index contributed by atoms with van der Waals surface area (Å²) in [5, 5.41) is 21.0. The predicted octanol–water partition coefficient (Wildman–Crippen LogP) is 4.15. The number of hydrogen-bond acceptors (Lipinski definition) is 6. The quantitative estimate of drug-likeness (QED) is 0.658. The molecule has 3 aromatic heterocycles. The van der Waals surface area contributed by atoms with E-state index in [0.717, 1.165) is 60.1 Å². The van der Waals surface area contributed by atoms with E-state index >= 15 is 0 Å². The van der Waals surface area contributed by atoms with Gasteiger partial charge in [0.2, 0.25) is 0 Å². The highest BCUT2D eigenvalue weighted by Gasteiger charge is 2.36. The van der Waals surface area contributed by atoms with Gasteiger partial charge in [-0.15, -0.1) is 11.3 Å². The summed E-state index contributed by atoms with van der Waals surface area (Å²) in [7, 11) is 0. The van der Waals surface area contributed by atoms with E-state index in [9.17, 15) is 5.11 Å². The van der Waals surface area contributed by atoms with Gasteiger partial charge < -0.3 is 14.4 Å². The molecule has 0 amide bonds. The molecular weight excluding hydrogens is 372 g/mol. The number of hydrogen-bond donors (Lipinski definition) is 1. The van der Waals surface area contributed by atoms with Gasteiger partial charge in [-0.3, -0.25) is 4.98 Å². The zero-order valence-corrected chi connectivity index (χ0v) is 16.6. The van der Waals surface area contributed by atoms with Crippen LogP contribution in [0.15, 0.2) is 35.6 Å². The number of ether oxygens (including phenoxy) is 1. The first-order chi connectivity index (χ1) is 13.8. The number of thiophene rings is 1. The van der Waals surface area contributed by atoms with Gasteiger partial charge in [-0.2, -0.15) is 5.26 Å². The van der Waals surface area contributed by atoms with Gasteiger partial charge in [0, 0.05) is 19.3 Å². The molecule has 1 N–H and O–H groups in total. The average molecular weight is 397 g/mol. The maximum atomic E-state index is 10.2. The molecule has 2 fully saturated rings. The molecule has 0 bridgehead atoms. The van der Waals surface area contributed by atoms with Crippen molar-refractivity contribution in [3.05, 3.63) is 35.6 Å². The molecule has 0 aromatic carbocycles. The van der Waals surface area contributed by atoms with Crippen molar-refractivity contribution >= 4 is 32.6 Å². The minimum atomic E-state index is -0.347. The van der Waals surface area contributed by atoms with Crippen LogP contribution in [0.3, 0.4) is 0 Å². The van der Waals surface area contributed by atoms with Crippen LogP contribution in [-0.4, -0.2) is 39.5 Å². The molecule has 0 radical (unpaired) electrons. The maximum Gasteiger partial charge on any atom is 0.108 e. The molecular formula is C21H24N4O2S. The van der Waals surface area contributed by atoms with E-state index < -0.39 is 0 Å². The Morgan fingerprint density at radius 3 is 2.68 bits per heavy atom. The minimum absolute atomic E-state index is 0.0769. The van der Waals surface area contributed by atoms with Crippen molar-refractivity contribution in [3.63, 3.8) is 0 Å². The monoisotopic (exact) mass is 396 g/mol. The normalized spacial score (nSPS) is 22.1. The highest BCUT2D eigenvalue weighted by Crippen LogP contribution is 2.40. The maximum absolute atomic E-state index is 10.2. The Bertz CT molecular complexity index is 1010. The van der Waals surface area contributed by atoms with Crippen molar-refractivity contribution in [1.82, 2.24) is 14.5 Å². The lowest BCUT2D eigenvalue weighted by Crippen LogP contribution is -2.39. The lowest BCUT2D eigenvalue weighted by Gasteiger charge is -2.38. The molecule has 1 aliphatic carbocycles. The highest BCUT2D eigenvalue weighted by molar-refractivity contribution is 7.18. The number of imidazole rings is 1. The molecule has 3 aromatic rings. The van der Waals surface area contributed by atoms with Crippen molar-refractivity contribution in [2.75, 3.05) is 19.8 Å². The second kappa shape index (κ2) is 8.39. The summed E-state index contributed by atoms with van der Waals surface area (Å²) in [6.45, 7) is 2.08. The van der Waals surface area contributed by atoms with E-state index in [2.05, 4.69) is 20.6 Å². The Morgan fingerprint density at radius 2 is 2.04 bits per heavy atom. The Labute approximate surface area is 168 Å². The molecule has 1 saturated carbocycles. The van der Waals surface area contributed by atoms with E-state index in [4.69, 9.17) is 10.00 Å². The van der Waals surface area contributed by atoms with Crippen LogP contribution in [-0.2, 0) is 10.3 Å². The van der Waals surface area contributed by atoms with Crippen LogP contribution in [0.1, 0.15) is 38.5 Å². The van der Waals surface area contributed by atoms with Crippen LogP contribution in [0.25, 0.3) is 21.3 Å². The summed E-state index contributed by atoms with van der Waals surface area (Å²) >= 11 is 1.66. The molecule has 0 spiro atoms. The smallest absolute Gasteiger partial charge is 0.108 e. The number of allylic oxidation sites excluding steroid dienone is 2. The van der Waals surface area contributed by atoms with Crippen molar-refractivity contribution in [3.8, 4) is 6.07 Å². The third-order valence-electron chi connectivity index (χ3n) is 5.71. The van der Waals surface area contributed by atoms with Crippen LogP contribution >= 0.6 is 11.3 Å². The molecule has 0 atom stereocenters. The van der Waals surface area contributed by atoms with Crippen molar-refractivity contribution in [1.29, 1.82) is 5.26 Å². The van der Waals surface area contributed by atoms with Gasteiger partial charge in [-0.1, -0.05) is 5.57 Å². The topological polar surface area (TPSA) is 84.0 Å². The standard InChI is InChI=1S/C17H16N4OS.C4H8O/c18-7-3-12-1-5-17(10-22,6-2-12)21-11-20-14-9-19-13-4-8-23-16(13)15(14)21;1-2-4-5-3-1/h3-4,8-9,11,22H,1-2,5-6,10H2;1-4H2. The number of fused-ring (bicyclic) bond motifs is 3. The van der Waals surface area contributed by atoms with Crippen LogP contribution in [0.5, 0.6) is 0 Å². The fourth-order valence-electron chi connectivity index (χ4n) is 4.01. The zero-order chi connectivity index (χ0) is 19.4. The van der Waals surface area contributed by atoms with E-state index in [1.54, 1.807) is 23.6 Å². The lowest BCUT2D eigenvalue weighted by molar-refractivity contribution is 0.106. The third kappa shape index (κ3) is 3.55. The Morgan fingerprint density at radius 1 is 1.25 bits per heavy atom. The fourth-order valence-corrected chi connectivity index (χ4v) is 4.90. The molecule has 2 aliphatic rings. The van der Waals surface area contributed by atoms with Crippen molar-refractivity contribution in [2.24, 2.45) is 0 Å². The zero-order valence-electron chi connectivity index (χ0n) is 15.8. The summed E-state index contributed by atoms with van der Waals surface area (Å²) in [5.41, 5.74) is 3.72. The second-order valence-electron chi connectivity index (χ2n) is 7.38. The summed E-state index contributed by atoms with van der Waals surface area (Å²) in [4.78, 5) is 8.94. The van der Waals surface area contributed by atoms with Gasteiger partial charge >= 0.3 is 0 Å². The van der Waals surface area contributed by atoms with E-state index in [0.29, 0.717) is 0 Å². The summed E-state index contributed by atoms with van der Waals surface area (Å²) in [6, 6.07) is 4.13. The molecule has 7 heteroatoms. The van der Waals surface area contributed by atoms with Gasteiger partial charge in [-0.05, 0) is 50.0 Å². The fraction of sp³-hybridized carbons (Fsp3) is 0.476. The summed E-state index contributed by atoms with van der Waals surface area (Å²) in [6.07, 6.45) is 11.2. The van der Waals surface area contributed by atoms with Crippen LogP contribution in [0, 0.1) is 11.3 Å². The molecule has 1 saturated heterocycles. The molecule has 146 valence electrons. The van der Waals surface area contributed by atoms with E-state index in [-0.39, 0.29) is 12.1 Å². The summed E-state index contributed by atoms with van der Waals surface area (Å²) < 4.78 is 8.21. The number of rotatable bonds is 2. The molecule has 28 heavy (non-hydrogen) atoms. The Kier molecular flexibility index (Phi) is 5.72. The largest absolute Gasteiger partial charge is 0.394 e. The first-order valence-electron chi connectivity index (χ1n) is 9.73. The van der Waals surface area contributed by atoms with E-state index in [1.165, 1.54) is 18.4 Å². The van der Waals surface area contributed by atoms with Crippen molar-refractivity contribution < 1.29 is 9.84 Å². The third-order valence-corrected chi connectivity index (χ3v) is 6.62. The molecule has 6 nitrogen and oxygen atoms in total. The van der Waals surface area contributed by atoms with E-state index in [1.807, 2.05) is 17.8 Å². The number of nitrogens with zero attached hydrogens (tertiary/aromatic N) is 4. The van der Waals surface area contributed by atoms with Crippen LogP contribution in [0.2, 0.25) is 0 Å². The first kappa shape index (κ1) is 19.1. The van der Waals surface area contributed by atoms with Gasteiger partial charge in [0.25, 0.3) is 0 Å². The average Bonchev–Trinajstić information content (AvgIpc) is 3.50. The SMILES string of the molecule is C1CCOC1.N#CC=C1CCC(CO)(n2cnc3cnc4ccsc4c32)CC1. The second-order valence-corrected chi connectivity index (χ2v) is 8.29. The summed E-state index contributed by atoms with van der Waals surface area (Å²) in [5.74, 6) is 0. The molecule has 4 heterocycles. The highest BCUT2D eigenvalue weighted by atomic mass is 32.1. The predicted molar refractivity (Wildman–Crippen MR) is 110 cm³/mol. The number of pyridine rings is 1. The van der Waals surface area contributed by atoms with Crippen LogP contribution in [0.4, 0.5) is 0 Å². The Hall–Kier alpha value is -2.27. The Balaban J connectivity index is 0.000000336. The number of aliphatic hydroxyl groups is 1. The number of nitriles is 1. The molecule has 0 unspecified atom stereocenters. The van der Waals surface area contributed by atoms with Gasteiger partial charge in [0.1, 0.15) is 5.52 Å². The first-order valence-corrected chi connectivity index (χ1v) is 10.6. The number of aliphatic hydroxyl groups excluding tert-OH is 1.